The zero-order chi connectivity index (χ0) is 20.2. The number of nitrogens with one attached hydrogen (secondary N) is 1. The van der Waals surface area contributed by atoms with Crippen LogP contribution in [0.4, 0.5) is 11.4 Å². The molecule has 2 amide bonds. The number of aryl methyl sites for hydroxylation is 1. The first-order chi connectivity index (χ1) is 14.1. The number of thioether (sulfide) groups is 1. The Hall–Kier alpha value is -3.05. The van der Waals surface area contributed by atoms with Crippen LogP contribution in [0.3, 0.4) is 0 Å². The van der Waals surface area contributed by atoms with Gasteiger partial charge in [-0.05, 0) is 48.7 Å². The molecule has 0 aromatic heterocycles. The standard InChI is InChI=1S/C24H22N2O2S/c1-17-8-2-5-11-20(17)25-24(28)19-10-4-7-13-22(19)29-16-23(27)26-15-14-18-9-3-6-12-21(18)26/h2-13H,14-16H2,1H3,(H,25,28). The van der Waals surface area contributed by atoms with Gasteiger partial charge in [0, 0.05) is 22.8 Å². The molecule has 1 N–H and O–H groups in total. The summed E-state index contributed by atoms with van der Waals surface area (Å²) in [7, 11) is 0. The van der Waals surface area contributed by atoms with Crippen molar-refractivity contribution >= 4 is 35.0 Å². The highest BCUT2D eigenvalue weighted by Gasteiger charge is 2.24. The van der Waals surface area contributed by atoms with Gasteiger partial charge in [-0.1, -0.05) is 48.5 Å². The highest BCUT2D eigenvalue weighted by Crippen LogP contribution is 2.30. The van der Waals surface area contributed by atoms with Gasteiger partial charge in [0.05, 0.1) is 11.3 Å². The average molecular weight is 403 g/mol. The Labute approximate surface area is 174 Å². The number of nitrogens with zero attached hydrogens (tertiary/aromatic N) is 1. The van der Waals surface area contributed by atoms with E-state index in [1.165, 1.54) is 17.3 Å². The molecule has 146 valence electrons. The number of hydrogen-bond acceptors (Lipinski definition) is 3. The number of para-hydroxylation sites is 2. The first-order valence-corrected chi connectivity index (χ1v) is 10.6. The van der Waals surface area contributed by atoms with E-state index in [9.17, 15) is 9.59 Å². The number of carbonyl (C=O) groups excluding carboxylic acids is 2. The fourth-order valence-electron chi connectivity index (χ4n) is 3.50. The van der Waals surface area contributed by atoms with Crippen LogP contribution in [0.2, 0.25) is 0 Å². The maximum Gasteiger partial charge on any atom is 0.256 e. The van der Waals surface area contributed by atoms with Gasteiger partial charge >= 0.3 is 0 Å². The predicted octanol–water partition coefficient (Wildman–Crippen LogP) is 4.93. The molecule has 29 heavy (non-hydrogen) atoms. The second-order valence-electron chi connectivity index (χ2n) is 6.98. The number of hydrogen-bond donors (Lipinski definition) is 1. The van der Waals surface area contributed by atoms with Crippen LogP contribution in [-0.2, 0) is 11.2 Å². The summed E-state index contributed by atoms with van der Waals surface area (Å²) >= 11 is 1.41. The second kappa shape index (κ2) is 8.53. The largest absolute Gasteiger partial charge is 0.322 e. The molecule has 0 saturated heterocycles. The van der Waals surface area contributed by atoms with Gasteiger partial charge in [0.15, 0.2) is 0 Å². The van der Waals surface area contributed by atoms with Crippen molar-refractivity contribution in [1.29, 1.82) is 0 Å². The Morgan fingerprint density at radius 2 is 1.69 bits per heavy atom. The normalized spacial score (nSPS) is 12.5. The number of fused-ring (bicyclic) bond motifs is 1. The van der Waals surface area contributed by atoms with Gasteiger partial charge < -0.3 is 10.2 Å². The lowest BCUT2D eigenvalue weighted by Crippen LogP contribution is -2.30. The van der Waals surface area contributed by atoms with Crippen molar-refractivity contribution in [2.24, 2.45) is 0 Å². The zero-order valence-electron chi connectivity index (χ0n) is 16.2. The van der Waals surface area contributed by atoms with E-state index in [0.717, 1.165) is 28.3 Å². The summed E-state index contributed by atoms with van der Waals surface area (Å²) < 4.78 is 0. The Morgan fingerprint density at radius 3 is 2.55 bits per heavy atom. The van der Waals surface area contributed by atoms with E-state index in [-0.39, 0.29) is 11.8 Å². The molecule has 0 spiro atoms. The number of benzene rings is 3. The minimum atomic E-state index is -0.165. The maximum atomic E-state index is 12.8. The zero-order valence-corrected chi connectivity index (χ0v) is 17.0. The highest BCUT2D eigenvalue weighted by molar-refractivity contribution is 8.00. The fraction of sp³-hybridized carbons (Fsp3) is 0.167. The Morgan fingerprint density at radius 1 is 0.966 bits per heavy atom. The molecule has 0 fully saturated rings. The monoisotopic (exact) mass is 402 g/mol. The lowest BCUT2D eigenvalue weighted by atomic mass is 10.1. The Balaban J connectivity index is 1.46. The molecule has 0 aliphatic carbocycles. The summed E-state index contributed by atoms with van der Waals surface area (Å²) in [6, 6.07) is 23.1. The minimum absolute atomic E-state index is 0.0639. The van der Waals surface area contributed by atoms with Gasteiger partial charge in [-0.15, -0.1) is 11.8 Å². The van der Waals surface area contributed by atoms with Crippen molar-refractivity contribution in [2.75, 3.05) is 22.5 Å². The van der Waals surface area contributed by atoms with Crippen LogP contribution in [0.5, 0.6) is 0 Å². The van der Waals surface area contributed by atoms with E-state index < -0.39 is 0 Å². The van der Waals surface area contributed by atoms with Gasteiger partial charge in [0.25, 0.3) is 5.91 Å². The number of anilines is 2. The van der Waals surface area contributed by atoms with Crippen molar-refractivity contribution in [2.45, 2.75) is 18.2 Å². The van der Waals surface area contributed by atoms with Crippen LogP contribution in [-0.4, -0.2) is 24.1 Å². The lowest BCUT2D eigenvalue weighted by molar-refractivity contribution is -0.116. The average Bonchev–Trinajstić information content (AvgIpc) is 3.18. The molecule has 3 aromatic rings. The molecule has 5 heteroatoms. The van der Waals surface area contributed by atoms with E-state index in [0.29, 0.717) is 17.9 Å². The SMILES string of the molecule is Cc1ccccc1NC(=O)c1ccccc1SCC(=O)N1CCc2ccccc21. The molecular formula is C24H22N2O2S. The van der Waals surface area contributed by atoms with Crippen LogP contribution in [0.25, 0.3) is 0 Å². The lowest BCUT2D eigenvalue weighted by Gasteiger charge is -2.17. The smallest absolute Gasteiger partial charge is 0.256 e. The molecule has 0 radical (unpaired) electrons. The van der Waals surface area contributed by atoms with Gasteiger partial charge in [0.2, 0.25) is 5.91 Å². The van der Waals surface area contributed by atoms with E-state index >= 15 is 0 Å². The summed E-state index contributed by atoms with van der Waals surface area (Å²) in [6.07, 6.45) is 0.891. The van der Waals surface area contributed by atoms with Gasteiger partial charge in [0.1, 0.15) is 0 Å². The molecule has 0 unspecified atom stereocenters. The molecule has 0 atom stereocenters. The van der Waals surface area contributed by atoms with Crippen molar-refractivity contribution < 1.29 is 9.59 Å². The van der Waals surface area contributed by atoms with Crippen LogP contribution in [0.1, 0.15) is 21.5 Å². The molecule has 3 aromatic carbocycles. The van der Waals surface area contributed by atoms with Crippen LogP contribution < -0.4 is 10.2 Å². The molecule has 4 nitrogen and oxygen atoms in total. The quantitative estimate of drug-likeness (QED) is 0.616. The molecule has 1 aliphatic rings. The third kappa shape index (κ3) is 4.20. The summed E-state index contributed by atoms with van der Waals surface area (Å²) in [5, 5.41) is 2.98. The summed E-state index contributed by atoms with van der Waals surface area (Å²) in [6.45, 7) is 2.68. The highest BCUT2D eigenvalue weighted by atomic mass is 32.2. The number of carbonyl (C=O) groups is 2. The fourth-order valence-corrected chi connectivity index (χ4v) is 4.42. The molecule has 1 aliphatic heterocycles. The van der Waals surface area contributed by atoms with Crippen LogP contribution in [0, 0.1) is 6.92 Å². The van der Waals surface area contributed by atoms with E-state index in [1.807, 2.05) is 72.5 Å². The van der Waals surface area contributed by atoms with Gasteiger partial charge in [-0.3, -0.25) is 9.59 Å². The molecule has 0 bridgehead atoms. The second-order valence-corrected chi connectivity index (χ2v) is 8.00. The summed E-state index contributed by atoms with van der Waals surface area (Å²) in [4.78, 5) is 28.3. The van der Waals surface area contributed by atoms with Crippen molar-refractivity contribution in [3.63, 3.8) is 0 Å². The first kappa shape index (κ1) is 19.3. The van der Waals surface area contributed by atoms with Crippen LogP contribution in [0.15, 0.2) is 77.7 Å². The topological polar surface area (TPSA) is 49.4 Å². The number of rotatable bonds is 5. The van der Waals surface area contributed by atoms with E-state index in [4.69, 9.17) is 0 Å². The van der Waals surface area contributed by atoms with Crippen molar-refractivity contribution in [3.8, 4) is 0 Å². The van der Waals surface area contributed by atoms with Crippen LogP contribution >= 0.6 is 11.8 Å². The molecule has 1 heterocycles. The van der Waals surface area contributed by atoms with E-state index in [2.05, 4.69) is 11.4 Å². The minimum Gasteiger partial charge on any atom is -0.322 e. The summed E-state index contributed by atoms with van der Waals surface area (Å²) in [5.41, 5.74) is 4.60. The maximum absolute atomic E-state index is 12.8. The van der Waals surface area contributed by atoms with Crippen molar-refractivity contribution in [3.05, 3.63) is 89.5 Å². The third-order valence-corrected chi connectivity index (χ3v) is 6.12. The van der Waals surface area contributed by atoms with Gasteiger partial charge in [-0.2, -0.15) is 0 Å². The molecule has 4 rings (SSSR count). The predicted molar refractivity (Wildman–Crippen MR) is 119 cm³/mol. The summed E-state index contributed by atoms with van der Waals surface area (Å²) in [5.74, 6) is 0.193. The van der Waals surface area contributed by atoms with Gasteiger partial charge in [-0.25, -0.2) is 0 Å². The number of amides is 2. The first-order valence-electron chi connectivity index (χ1n) is 9.60. The Bertz CT molecular complexity index is 1060. The molecular weight excluding hydrogens is 380 g/mol. The third-order valence-electron chi connectivity index (χ3n) is 5.06. The van der Waals surface area contributed by atoms with E-state index in [1.54, 1.807) is 6.07 Å². The molecule has 0 saturated carbocycles. The Kier molecular flexibility index (Phi) is 5.67. The van der Waals surface area contributed by atoms with Crippen molar-refractivity contribution in [1.82, 2.24) is 0 Å².